The molecule has 1 fully saturated rings. The van der Waals surface area contributed by atoms with Crippen LogP contribution in [0.5, 0.6) is 0 Å². The minimum absolute atomic E-state index is 0.000261. The number of benzene rings is 1. The number of rotatable bonds is 1. The number of aliphatic hydroxyl groups is 1. The van der Waals surface area contributed by atoms with E-state index in [1.54, 1.807) is 0 Å². The third kappa shape index (κ3) is 2.51. The predicted molar refractivity (Wildman–Crippen MR) is 58.3 cm³/mol. The highest BCUT2D eigenvalue weighted by Gasteiger charge is 2.48. The standard InChI is InChI=1S/C13H14F4O/c14-11-6-2-1-5-10(11)12(18)7-3-4-9(8-12)13(15,16)17/h1-2,5-6,9,18H,3-4,7-8H2. The molecule has 2 unspecified atom stereocenters. The van der Waals surface area contributed by atoms with Gasteiger partial charge in [-0.2, -0.15) is 13.2 Å². The molecule has 5 heteroatoms. The lowest BCUT2D eigenvalue weighted by Gasteiger charge is -2.38. The fourth-order valence-electron chi connectivity index (χ4n) is 2.62. The number of halogens is 4. The first kappa shape index (κ1) is 13.3. The van der Waals surface area contributed by atoms with Crippen LogP contribution in [0.25, 0.3) is 0 Å². The molecule has 0 saturated heterocycles. The monoisotopic (exact) mass is 262 g/mol. The number of hydrogen-bond acceptors (Lipinski definition) is 1. The second kappa shape index (κ2) is 4.53. The predicted octanol–water partition coefficient (Wildman–Crippen LogP) is 3.77. The van der Waals surface area contributed by atoms with Crippen molar-refractivity contribution in [3.63, 3.8) is 0 Å². The van der Waals surface area contributed by atoms with E-state index in [1.165, 1.54) is 18.2 Å². The lowest BCUT2D eigenvalue weighted by atomic mass is 9.74. The van der Waals surface area contributed by atoms with Crippen molar-refractivity contribution in [3.8, 4) is 0 Å². The van der Waals surface area contributed by atoms with Crippen molar-refractivity contribution < 1.29 is 22.7 Å². The Hall–Kier alpha value is -1.10. The van der Waals surface area contributed by atoms with E-state index in [2.05, 4.69) is 0 Å². The fourth-order valence-corrected chi connectivity index (χ4v) is 2.62. The van der Waals surface area contributed by atoms with E-state index in [1.807, 2.05) is 0 Å². The Balaban J connectivity index is 2.29. The molecule has 0 aliphatic heterocycles. The minimum atomic E-state index is -4.33. The summed E-state index contributed by atoms with van der Waals surface area (Å²) in [6, 6.07) is 5.48. The highest BCUT2D eigenvalue weighted by molar-refractivity contribution is 5.25. The first-order valence-corrected chi connectivity index (χ1v) is 5.87. The van der Waals surface area contributed by atoms with Gasteiger partial charge in [-0.15, -0.1) is 0 Å². The molecular weight excluding hydrogens is 248 g/mol. The van der Waals surface area contributed by atoms with Crippen molar-refractivity contribution in [3.05, 3.63) is 35.6 Å². The van der Waals surface area contributed by atoms with Gasteiger partial charge in [0.05, 0.1) is 11.5 Å². The van der Waals surface area contributed by atoms with Gasteiger partial charge in [0, 0.05) is 5.56 Å². The van der Waals surface area contributed by atoms with Crippen LogP contribution in [0.15, 0.2) is 24.3 Å². The van der Waals surface area contributed by atoms with Crippen LogP contribution in [0.3, 0.4) is 0 Å². The van der Waals surface area contributed by atoms with Gasteiger partial charge in [-0.3, -0.25) is 0 Å². The van der Waals surface area contributed by atoms with Gasteiger partial charge in [0.2, 0.25) is 0 Å². The molecule has 1 aromatic rings. The van der Waals surface area contributed by atoms with Crippen molar-refractivity contribution in [2.75, 3.05) is 0 Å². The second-order valence-electron chi connectivity index (χ2n) is 4.85. The highest BCUT2D eigenvalue weighted by atomic mass is 19.4. The Morgan fingerprint density at radius 2 is 1.89 bits per heavy atom. The van der Waals surface area contributed by atoms with Gasteiger partial charge in [-0.1, -0.05) is 18.2 Å². The molecule has 2 atom stereocenters. The zero-order valence-corrected chi connectivity index (χ0v) is 9.67. The molecule has 0 amide bonds. The largest absolute Gasteiger partial charge is 0.391 e. The molecule has 1 aromatic carbocycles. The summed E-state index contributed by atoms with van der Waals surface area (Å²) in [5.41, 5.74) is -1.73. The lowest BCUT2D eigenvalue weighted by Crippen LogP contribution is -2.39. The summed E-state index contributed by atoms with van der Waals surface area (Å²) in [6.07, 6.45) is -4.38. The molecule has 1 nitrogen and oxygen atoms in total. The SMILES string of the molecule is OC1(c2ccccc2F)CCCC(C(F)(F)F)C1. The number of alkyl halides is 3. The van der Waals surface area contributed by atoms with Crippen molar-refractivity contribution in [1.29, 1.82) is 0 Å². The van der Waals surface area contributed by atoms with Crippen LogP contribution >= 0.6 is 0 Å². The maximum absolute atomic E-state index is 13.6. The first-order valence-electron chi connectivity index (χ1n) is 5.87. The highest BCUT2D eigenvalue weighted by Crippen LogP contribution is 2.46. The normalized spacial score (nSPS) is 29.3. The summed E-state index contributed by atoms with van der Waals surface area (Å²) >= 11 is 0. The summed E-state index contributed by atoms with van der Waals surface area (Å²) in [6.45, 7) is 0. The van der Waals surface area contributed by atoms with Crippen LogP contribution in [0.1, 0.15) is 31.2 Å². The average Bonchev–Trinajstić information content (AvgIpc) is 2.28. The van der Waals surface area contributed by atoms with Crippen LogP contribution in [0.4, 0.5) is 17.6 Å². The summed E-state index contributed by atoms with van der Waals surface area (Å²) in [7, 11) is 0. The maximum Gasteiger partial charge on any atom is 0.391 e. The fraction of sp³-hybridized carbons (Fsp3) is 0.538. The molecule has 0 heterocycles. The molecule has 1 aliphatic carbocycles. The molecule has 2 rings (SSSR count). The Morgan fingerprint density at radius 1 is 1.22 bits per heavy atom. The lowest BCUT2D eigenvalue weighted by molar-refractivity contribution is -0.202. The molecule has 0 radical (unpaired) electrons. The Labute approximate surface area is 102 Å². The second-order valence-corrected chi connectivity index (χ2v) is 4.85. The van der Waals surface area contributed by atoms with Crippen LogP contribution < -0.4 is 0 Å². The number of hydrogen-bond donors (Lipinski definition) is 1. The molecule has 1 aliphatic rings. The molecule has 18 heavy (non-hydrogen) atoms. The maximum atomic E-state index is 13.6. The van der Waals surface area contributed by atoms with Gasteiger partial charge in [-0.25, -0.2) is 4.39 Å². The van der Waals surface area contributed by atoms with E-state index < -0.39 is 29.9 Å². The molecule has 100 valence electrons. The van der Waals surface area contributed by atoms with Crippen LogP contribution in [0, 0.1) is 11.7 Å². The molecule has 0 spiro atoms. The van der Waals surface area contributed by atoms with Crippen LogP contribution in [0.2, 0.25) is 0 Å². The van der Waals surface area contributed by atoms with Crippen LogP contribution in [-0.2, 0) is 5.60 Å². The first-order chi connectivity index (χ1) is 8.33. The van der Waals surface area contributed by atoms with Crippen molar-refractivity contribution >= 4 is 0 Å². The van der Waals surface area contributed by atoms with Crippen LogP contribution in [-0.4, -0.2) is 11.3 Å². The topological polar surface area (TPSA) is 20.2 Å². The molecule has 1 saturated carbocycles. The van der Waals surface area contributed by atoms with Crippen molar-refractivity contribution in [2.45, 2.75) is 37.5 Å². The Kier molecular flexibility index (Phi) is 3.36. The van der Waals surface area contributed by atoms with E-state index in [0.29, 0.717) is 0 Å². The molecule has 0 bridgehead atoms. The zero-order valence-electron chi connectivity index (χ0n) is 9.67. The van der Waals surface area contributed by atoms with E-state index in [4.69, 9.17) is 0 Å². The Bertz CT molecular complexity index is 429. The minimum Gasteiger partial charge on any atom is -0.385 e. The average molecular weight is 262 g/mol. The van der Waals surface area contributed by atoms with Gasteiger partial charge in [0.15, 0.2) is 0 Å². The van der Waals surface area contributed by atoms with Gasteiger partial charge < -0.3 is 5.11 Å². The molecular formula is C13H14F4O. The summed E-state index contributed by atoms with van der Waals surface area (Å²) in [5.74, 6) is -2.21. The third-order valence-corrected chi connectivity index (χ3v) is 3.57. The third-order valence-electron chi connectivity index (χ3n) is 3.57. The summed E-state index contributed by atoms with van der Waals surface area (Å²) in [5, 5.41) is 10.3. The van der Waals surface area contributed by atoms with Gasteiger partial charge in [-0.05, 0) is 31.7 Å². The van der Waals surface area contributed by atoms with Gasteiger partial charge in [0.25, 0.3) is 0 Å². The van der Waals surface area contributed by atoms with E-state index >= 15 is 0 Å². The quantitative estimate of drug-likeness (QED) is 0.764. The Morgan fingerprint density at radius 3 is 2.50 bits per heavy atom. The molecule has 0 aromatic heterocycles. The van der Waals surface area contributed by atoms with Gasteiger partial charge >= 0.3 is 6.18 Å². The van der Waals surface area contributed by atoms with E-state index in [9.17, 15) is 22.7 Å². The van der Waals surface area contributed by atoms with Crippen molar-refractivity contribution in [2.24, 2.45) is 5.92 Å². The van der Waals surface area contributed by atoms with Gasteiger partial charge in [0.1, 0.15) is 5.82 Å². The smallest absolute Gasteiger partial charge is 0.385 e. The summed E-state index contributed by atoms with van der Waals surface area (Å²) in [4.78, 5) is 0. The van der Waals surface area contributed by atoms with Crippen molar-refractivity contribution in [1.82, 2.24) is 0 Å². The van der Waals surface area contributed by atoms with E-state index in [-0.39, 0.29) is 24.8 Å². The van der Waals surface area contributed by atoms with E-state index in [0.717, 1.165) is 6.07 Å². The molecule has 1 N–H and O–H groups in total. The summed E-state index contributed by atoms with van der Waals surface area (Å²) < 4.78 is 51.7. The zero-order chi connectivity index (χ0) is 13.4.